The Morgan fingerprint density at radius 3 is 2.78 bits per heavy atom. The summed E-state index contributed by atoms with van der Waals surface area (Å²) in [7, 11) is 0. The predicted molar refractivity (Wildman–Crippen MR) is 80.2 cm³/mol. The van der Waals surface area contributed by atoms with Gasteiger partial charge in [0.1, 0.15) is 24.1 Å². The lowest BCUT2D eigenvalue weighted by molar-refractivity contribution is -0.102. The molecule has 1 aromatic rings. The zero-order valence-corrected chi connectivity index (χ0v) is 12.6. The van der Waals surface area contributed by atoms with Crippen molar-refractivity contribution in [2.24, 2.45) is 4.99 Å². The van der Waals surface area contributed by atoms with E-state index in [0.29, 0.717) is 5.71 Å². The van der Waals surface area contributed by atoms with Gasteiger partial charge in [-0.05, 0) is 13.8 Å². The Kier molecular flexibility index (Phi) is 3.64. The van der Waals surface area contributed by atoms with Crippen LogP contribution < -0.4 is 16.1 Å². The summed E-state index contributed by atoms with van der Waals surface area (Å²) in [5, 5.41) is 28.7. The quantitative estimate of drug-likeness (QED) is 0.423. The van der Waals surface area contributed by atoms with Crippen LogP contribution in [-0.2, 0) is 4.74 Å². The number of anilines is 1. The monoisotopic (exact) mass is 326 g/mol. The van der Waals surface area contributed by atoms with Gasteiger partial charge in [0.15, 0.2) is 11.4 Å². The first kappa shape index (κ1) is 15.9. The van der Waals surface area contributed by atoms with Crippen LogP contribution in [0.4, 0.5) is 11.5 Å². The van der Waals surface area contributed by atoms with Crippen LogP contribution in [0.1, 0.15) is 13.8 Å². The van der Waals surface area contributed by atoms with Gasteiger partial charge in [0, 0.05) is 0 Å². The number of rotatable bonds is 3. The maximum absolute atomic E-state index is 11.9. The van der Waals surface area contributed by atoms with E-state index in [1.165, 1.54) is 0 Å². The molecule has 0 aliphatic carbocycles. The van der Waals surface area contributed by atoms with Crippen LogP contribution in [0, 0.1) is 0 Å². The molecule has 0 spiro atoms. The number of nitrogens with zero attached hydrogens (tertiary/aromatic N) is 2. The van der Waals surface area contributed by atoms with Crippen LogP contribution in [0.15, 0.2) is 14.6 Å². The molecule has 3 rings (SSSR count). The number of aliphatic hydroxyl groups excluding tert-OH is 3. The molecule has 0 unspecified atom stereocenters. The first-order valence-electron chi connectivity index (χ1n) is 7.12. The van der Waals surface area contributed by atoms with Crippen molar-refractivity contribution < 1.29 is 20.1 Å². The topological polar surface area (TPSA) is 151 Å². The highest BCUT2D eigenvalue weighted by molar-refractivity contribution is 5.99. The molecule has 0 bridgehead atoms. The van der Waals surface area contributed by atoms with Crippen molar-refractivity contribution in [2.75, 3.05) is 18.1 Å². The summed E-state index contributed by atoms with van der Waals surface area (Å²) in [5.74, 6) is 0.194. The minimum Gasteiger partial charge on any atom is -0.394 e. The zero-order chi connectivity index (χ0) is 16.9. The van der Waals surface area contributed by atoms with Gasteiger partial charge in [-0.3, -0.25) is 14.8 Å². The number of aromatic amines is 2. The number of hydrogen-bond donors (Lipinski definition) is 5. The molecule has 1 saturated heterocycles. The SMILES string of the molecule is CC1=Nc2c([nH]c(=O)[nH]c2=O)N2C[C@@H]([C@H](O)[C@H](O)CO)O[C@@]12C. The normalized spacial score (nSPS) is 28.8. The Hall–Kier alpha value is -2.01. The van der Waals surface area contributed by atoms with Crippen molar-refractivity contribution in [2.45, 2.75) is 37.9 Å². The van der Waals surface area contributed by atoms with Crippen molar-refractivity contribution in [1.29, 1.82) is 0 Å². The fraction of sp³-hybridized carbons (Fsp3) is 0.615. The minimum atomic E-state index is -1.36. The van der Waals surface area contributed by atoms with E-state index in [1.807, 2.05) is 0 Å². The van der Waals surface area contributed by atoms with Crippen molar-refractivity contribution in [3.05, 3.63) is 20.8 Å². The molecule has 1 fully saturated rings. The average molecular weight is 326 g/mol. The molecule has 2 aliphatic rings. The van der Waals surface area contributed by atoms with Crippen LogP contribution in [0.2, 0.25) is 0 Å². The highest BCUT2D eigenvalue weighted by Crippen LogP contribution is 2.40. The lowest BCUT2D eigenvalue weighted by Gasteiger charge is -2.37. The first-order chi connectivity index (χ1) is 10.8. The Morgan fingerprint density at radius 1 is 1.43 bits per heavy atom. The Balaban J connectivity index is 2.06. The van der Waals surface area contributed by atoms with Gasteiger partial charge in [-0.2, -0.15) is 0 Å². The van der Waals surface area contributed by atoms with Crippen LogP contribution in [-0.4, -0.2) is 68.2 Å². The molecule has 1 aromatic heterocycles. The maximum Gasteiger partial charge on any atom is 0.327 e. The van der Waals surface area contributed by atoms with Crippen molar-refractivity contribution in [3.63, 3.8) is 0 Å². The van der Waals surface area contributed by atoms with E-state index in [-0.39, 0.29) is 18.1 Å². The van der Waals surface area contributed by atoms with Gasteiger partial charge in [-0.15, -0.1) is 0 Å². The highest BCUT2D eigenvalue weighted by Gasteiger charge is 2.51. The van der Waals surface area contributed by atoms with Crippen LogP contribution in [0.5, 0.6) is 0 Å². The first-order valence-corrected chi connectivity index (χ1v) is 7.12. The van der Waals surface area contributed by atoms with E-state index >= 15 is 0 Å². The molecule has 5 N–H and O–H groups in total. The number of aromatic nitrogens is 2. The lowest BCUT2D eigenvalue weighted by atomic mass is 10.1. The molecule has 126 valence electrons. The molecular formula is C13H18N4O6. The van der Waals surface area contributed by atoms with Gasteiger partial charge in [0.05, 0.1) is 18.9 Å². The van der Waals surface area contributed by atoms with Gasteiger partial charge in [0.25, 0.3) is 5.56 Å². The van der Waals surface area contributed by atoms with Crippen LogP contribution >= 0.6 is 0 Å². The highest BCUT2D eigenvalue weighted by atomic mass is 16.6. The van der Waals surface area contributed by atoms with Gasteiger partial charge < -0.3 is 25.0 Å². The summed E-state index contributed by atoms with van der Waals surface area (Å²) in [6.45, 7) is 2.84. The Labute approximate surface area is 130 Å². The van der Waals surface area contributed by atoms with Crippen LogP contribution in [0.25, 0.3) is 0 Å². The third-order valence-electron chi connectivity index (χ3n) is 4.34. The molecule has 0 aromatic carbocycles. The second kappa shape index (κ2) is 5.27. The summed E-state index contributed by atoms with van der Waals surface area (Å²) >= 11 is 0. The Morgan fingerprint density at radius 2 is 2.13 bits per heavy atom. The van der Waals surface area contributed by atoms with Crippen LogP contribution in [0.3, 0.4) is 0 Å². The minimum absolute atomic E-state index is 0.0565. The molecule has 3 heterocycles. The fourth-order valence-corrected chi connectivity index (χ4v) is 2.91. The maximum atomic E-state index is 11.9. The summed E-state index contributed by atoms with van der Waals surface area (Å²) in [6.07, 6.45) is -3.52. The lowest BCUT2D eigenvalue weighted by Crippen LogP contribution is -2.51. The van der Waals surface area contributed by atoms with Gasteiger partial charge in [0.2, 0.25) is 0 Å². The van der Waals surface area contributed by atoms with Gasteiger partial charge in [-0.25, -0.2) is 9.79 Å². The number of fused-ring (bicyclic) bond motifs is 3. The number of nitrogens with one attached hydrogen (secondary N) is 2. The second-order valence-corrected chi connectivity index (χ2v) is 5.79. The summed E-state index contributed by atoms with van der Waals surface area (Å²) < 4.78 is 5.83. The van der Waals surface area contributed by atoms with E-state index in [0.717, 1.165) is 0 Å². The molecule has 4 atom stereocenters. The van der Waals surface area contributed by atoms with E-state index in [4.69, 9.17) is 9.84 Å². The summed E-state index contributed by atoms with van der Waals surface area (Å²) in [6, 6.07) is 0. The smallest absolute Gasteiger partial charge is 0.327 e. The van der Waals surface area contributed by atoms with Crippen molar-refractivity contribution in [3.8, 4) is 0 Å². The standard InChI is InChI=1S/C13H18N4O6/c1-5-13(2)17(3-7(23-13)9(20)6(19)4-18)10-8(14-5)11(21)16-12(22)15-10/h6-7,9,18-20H,3-4H2,1-2H3,(H2,15,16,21,22)/t6-,7+,9-,13+/m1/s1. The predicted octanol–water partition coefficient (Wildman–Crippen LogP) is -2.20. The summed E-state index contributed by atoms with van der Waals surface area (Å²) in [5.41, 5.74) is -1.85. The zero-order valence-electron chi connectivity index (χ0n) is 12.6. The second-order valence-electron chi connectivity index (χ2n) is 5.79. The molecule has 10 heteroatoms. The average Bonchev–Trinajstić information content (AvgIpc) is 2.87. The third-order valence-corrected chi connectivity index (χ3v) is 4.34. The van der Waals surface area contributed by atoms with E-state index in [2.05, 4.69) is 15.0 Å². The molecule has 0 radical (unpaired) electrons. The van der Waals surface area contributed by atoms with Gasteiger partial charge >= 0.3 is 5.69 Å². The number of hydrogen-bond acceptors (Lipinski definition) is 8. The van der Waals surface area contributed by atoms with E-state index in [1.54, 1.807) is 18.7 Å². The molecule has 0 amide bonds. The van der Waals surface area contributed by atoms with E-state index < -0.39 is 41.9 Å². The third kappa shape index (κ3) is 2.30. The van der Waals surface area contributed by atoms with Crippen molar-refractivity contribution in [1.82, 2.24) is 9.97 Å². The molecular weight excluding hydrogens is 308 g/mol. The van der Waals surface area contributed by atoms with E-state index in [9.17, 15) is 19.8 Å². The molecule has 0 saturated carbocycles. The molecule has 23 heavy (non-hydrogen) atoms. The number of H-pyrrole nitrogens is 2. The number of aliphatic imine (C=N–C) groups is 1. The summed E-state index contributed by atoms with van der Waals surface area (Å²) in [4.78, 5) is 33.9. The Bertz CT molecular complexity index is 770. The number of aliphatic hydroxyl groups is 3. The largest absolute Gasteiger partial charge is 0.394 e. The molecule has 10 nitrogen and oxygen atoms in total. The fourth-order valence-electron chi connectivity index (χ4n) is 2.91. The molecule has 2 aliphatic heterocycles. The van der Waals surface area contributed by atoms with Crippen molar-refractivity contribution >= 4 is 17.2 Å². The number of ether oxygens (including phenoxy) is 1. The van der Waals surface area contributed by atoms with Gasteiger partial charge in [-0.1, -0.05) is 0 Å².